The Labute approximate surface area is 131 Å². The van der Waals surface area contributed by atoms with E-state index in [0.717, 1.165) is 35.3 Å². The molecule has 1 heterocycles. The Hall–Kier alpha value is -1.16. The van der Waals surface area contributed by atoms with Crippen molar-refractivity contribution in [1.29, 1.82) is 0 Å². The van der Waals surface area contributed by atoms with Gasteiger partial charge in [0.15, 0.2) is 5.11 Å². The van der Waals surface area contributed by atoms with Crippen LogP contribution in [0.15, 0.2) is 24.5 Å². The predicted octanol–water partition coefficient (Wildman–Crippen LogP) is 2.87. The number of rotatable bonds is 3. The first kappa shape index (κ1) is 13.5. The molecule has 0 spiro atoms. The van der Waals surface area contributed by atoms with Crippen molar-refractivity contribution in [2.24, 2.45) is 23.7 Å². The lowest BCUT2D eigenvalue weighted by molar-refractivity contribution is -0.00694. The second-order valence-corrected chi connectivity index (χ2v) is 7.55. The van der Waals surface area contributed by atoms with Crippen LogP contribution in [0.1, 0.15) is 37.7 Å². The second kappa shape index (κ2) is 5.56. The summed E-state index contributed by atoms with van der Waals surface area (Å²) in [4.78, 5) is 4.13. The van der Waals surface area contributed by atoms with E-state index >= 15 is 0 Å². The van der Waals surface area contributed by atoms with Crippen LogP contribution in [0.4, 0.5) is 0 Å². The molecule has 0 amide bonds. The van der Waals surface area contributed by atoms with Crippen LogP contribution in [0.2, 0.25) is 0 Å². The van der Waals surface area contributed by atoms with Gasteiger partial charge in [0.2, 0.25) is 0 Å². The fourth-order valence-electron chi connectivity index (χ4n) is 5.05. The molecule has 5 rings (SSSR count). The molecule has 2 N–H and O–H groups in total. The number of hydrogen-bond donors (Lipinski definition) is 2. The van der Waals surface area contributed by atoms with Crippen molar-refractivity contribution >= 4 is 17.3 Å². The van der Waals surface area contributed by atoms with Crippen molar-refractivity contribution < 1.29 is 0 Å². The Morgan fingerprint density at radius 3 is 2.48 bits per heavy atom. The van der Waals surface area contributed by atoms with Gasteiger partial charge in [0.1, 0.15) is 0 Å². The van der Waals surface area contributed by atoms with Crippen LogP contribution in [0.3, 0.4) is 0 Å². The zero-order valence-corrected chi connectivity index (χ0v) is 13.1. The number of pyridine rings is 1. The summed E-state index contributed by atoms with van der Waals surface area (Å²) in [5.74, 6) is 3.75. The Morgan fingerprint density at radius 1 is 1.14 bits per heavy atom. The monoisotopic (exact) mass is 301 g/mol. The minimum atomic E-state index is 0.617. The smallest absolute Gasteiger partial charge is 0.166 e. The van der Waals surface area contributed by atoms with Gasteiger partial charge in [-0.05, 0) is 79.6 Å². The number of thiocarbonyl (C=S) groups is 1. The fraction of sp³-hybridized carbons (Fsp3) is 0.647. The average molecular weight is 301 g/mol. The van der Waals surface area contributed by atoms with E-state index < -0.39 is 0 Å². The summed E-state index contributed by atoms with van der Waals surface area (Å²) in [6, 6.07) is 4.66. The van der Waals surface area contributed by atoms with Crippen LogP contribution in [0, 0.1) is 23.7 Å². The summed E-state index contributed by atoms with van der Waals surface area (Å²) in [6.07, 6.45) is 10.9. The molecule has 4 aliphatic carbocycles. The van der Waals surface area contributed by atoms with Gasteiger partial charge in [0.05, 0.1) is 0 Å². The summed E-state index contributed by atoms with van der Waals surface area (Å²) >= 11 is 5.51. The third-order valence-electron chi connectivity index (χ3n) is 5.70. The third kappa shape index (κ3) is 2.78. The van der Waals surface area contributed by atoms with Gasteiger partial charge in [0, 0.05) is 25.0 Å². The van der Waals surface area contributed by atoms with Crippen LogP contribution < -0.4 is 10.6 Å². The first-order valence-electron chi connectivity index (χ1n) is 8.21. The number of nitrogens with zero attached hydrogens (tertiary/aromatic N) is 1. The van der Waals surface area contributed by atoms with Crippen LogP contribution >= 0.6 is 12.2 Å². The molecule has 0 aliphatic heterocycles. The molecule has 0 unspecified atom stereocenters. The summed E-state index contributed by atoms with van der Waals surface area (Å²) in [6.45, 7) is 0.757. The lowest BCUT2D eigenvalue weighted by Crippen LogP contribution is -2.57. The van der Waals surface area contributed by atoms with Crippen molar-refractivity contribution in [3.8, 4) is 0 Å². The largest absolute Gasteiger partial charge is 0.359 e. The standard InChI is InChI=1S/C17H23N3S/c21-17(19-10-11-2-1-3-18-9-11)20-16-14-5-12-4-13(7-14)8-15(16)6-12/h1-3,9,12-16H,4-8,10H2,(H2,19,20,21). The molecule has 1 aromatic rings. The summed E-state index contributed by atoms with van der Waals surface area (Å²) < 4.78 is 0. The number of aromatic nitrogens is 1. The van der Waals surface area contributed by atoms with Crippen molar-refractivity contribution in [1.82, 2.24) is 15.6 Å². The Bertz CT molecular complexity index is 488. The van der Waals surface area contributed by atoms with Gasteiger partial charge in [-0.15, -0.1) is 0 Å². The highest BCUT2D eigenvalue weighted by molar-refractivity contribution is 7.80. The summed E-state index contributed by atoms with van der Waals surface area (Å²) in [5, 5.41) is 7.79. The first-order chi connectivity index (χ1) is 10.3. The lowest BCUT2D eigenvalue weighted by Gasteiger charge is -2.54. The summed E-state index contributed by atoms with van der Waals surface area (Å²) in [5.41, 5.74) is 1.17. The van der Waals surface area contributed by atoms with Gasteiger partial charge in [0.25, 0.3) is 0 Å². The SMILES string of the molecule is S=C(NCc1cccnc1)NC1C2CC3CC(C2)CC1C3. The van der Waals surface area contributed by atoms with E-state index in [4.69, 9.17) is 12.2 Å². The van der Waals surface area contributed by atoms with Crippen LogP contribution in [0.25, 0.3) is 0 Å². The van der Waals surface area contributed by atoms with Crippen molar-refractivity contribution in [3.63, 3.8) is 0 Å². The zero-order chi connectivity index (χ0) is 14.2. The van der Waals surface area contributed by atoms with Gasteiger partial charge in [-0.3, -0.25) is 4.98 Å². The fourth-order valence-corrected chi connectivity index (χ4v) is 5.26. The Balaban J connectivity index is 1.33. The van der Waals surface area contributed by atoms with E-state index in [-0.39, 0.29) is 0 Å². The van der Waals surface area contributed by atoms with E-state index in [1.54, 1.807) is 6.20 Å². The molecule has 0 aromatic carbocycles. The number of hydrogen-bond acceptors (Lipinski definition) is 2. The van der Waals surface area contributed by atoms with Gasteiger partial charge in [-0.25, -0.2) is 0 Å². The van der Waals surface area contributed by atoms with Crippen LogP contribution in [-0.4, -0.2) is 16.1 Å². The van der Waals surface area contributed by atoms with E-state index in [0.29, 0.717) is 6.04 Å². The lowest BCUT2D eigenvalue weighted by atomic mass is 9.54. The predicted molar refractivity (Wildman–Crippen MR) is 87.6 cm³/mol. The molecule has 4 fully saturated rings. The maximum absolute atomic E-state index is 5.51. The Kier molecular flexibility index (Phi) is 3.57. The van der Waals surface area contributed by atoms with Gasteiger partial charge >= 0.3 is 0 Å². The second-order valence-electron chi connectivity index (χ2n) is 7.14. The summed E-state index contributed by atoms with van der Waals surface area (Å²) in [7, 11) is 0. The molecular weight excluding hydrogens is 278 g/mol. The Morgan fingerprint density at radius 2 is 1.86 bits per heavy atom. The zero-order valence-electron chi connectivity index (χ0n) is 12.3. The highest BCUT2D eigenvalue weighted by Crippen LogP contribution is 2.53. The highest BCUT2D eigenvalue weighted by atomic mass is 32.1. The minimum absolute atomic E-state index is 0.617. The normalized spacial score (nSPS) is 36.5. The topological polar surface area (TPSA) is 37.0 Å². The van der Waals surface area contributed by atoms with E-state index in [9.17, 15) is 0 Å². The molecule has 112 valence electrons. The van der Waals surface area contributed by atoms with Gasteiger partial charge < -0.3 is 10.6 Å². The van der Waals surface area contributed by atoms with Crippen LogP contribution in [-0.2, 0) is 6.54 Å². The molecular formula is C17H23N3S. The highest BCUT2D eigenvalue weighted by Gasteiger charge is 2.48. The molecule has 3 nitrogen and oxygen atoms in total. The minimum Gasteiger partial charge on any atom is -0.359 e. The van der Waals surface area contributed by atoms with Crippen LogP contribution in [0.5, 0.6) is 0 Å². The quantitative estimate of drug-likeness (QED) is 0.842. The third-order valence-corrected chi connectivity index (χ3v) is 5.96. The van der Waals surface area contributed by atoms with Crippen molar-refractivity contribution in [2.45, 2.75) is 44.7 Å². The molecule has 4 saturated carbocycles. The van der Waals surface area contributed by atoms with Crippen molar-refractivity contribution in [3.05, 3.63) is 30.1 Å². The van der Waals surface area contributed by atoms with E-state index in [1.165, 1.54) is 37.7 Å². The number of nitrogens with one attached hydrogen (secondary N) is 2. The van der Waals surface area contributed by atoms with Gasteiger partial charge in [-0.1, -0.05) is 6.07 Å². The molecule has 0 radical (unpaired) electrons. The maximum atomic E-state index is 5.51. The maximum Gasteiger partial charge on any atom is 0.166 e. The van der Waals surface area contributed by atoms with E-state index in [2.05, 4.69) is 21.7 Å². The molecule has 4 aliphatic rings. The molecule has 0 saturated heterocycles. The molecule has 4 heteroatoms. The first-order valence-corrected chi connectivity index (χ1v) is 8.62. The molecule has 21 heavy (non-hydrogen) atoms. The molecule has 0 atom stereocenters. The van der Waals surface area contributed by atoms with E-state index in [1.807, 2.05) is 12.3 Å². The van der Waals surface area contributed by atoms with Gasteiger partial charge in [-0.2, -0.15) is 0 Å². The average Bonchev–Trinajstić information content (AvgIpc) is 2.49. The molecule has 4 bridgehead atoms. The van der Waals surface area contributed by atoms with Crippen molar-refractivity contribution in [2.75, 3.05) is 0 Å². The molecule has 1 aromatic heterocycles.